The van der Waals surface area contributed by atoms with Crippen LogP contribution in [-0.2, 0) is 6.18 Å². The van der Waals surface area contributed by atoms with Crippen LogP contribution in [0, 0.1) is 5.82 Å². The van der Waals surface area contributed by atoms with Gasteiger partial charge in [-0.05, 0) is 30.3 Å². The van der Waals surface area contributed by atoms with Gasteiger partial charge in [-0.3, -0.25) is 4.79 Å². The highest BCUT2D eigenvalue weighted by atomic mass is 35.5. The van der Waals surface area contributed by atoms with E-state index < -0.39 is 40.0 Å². The highest BCUT2D eigenvalue weighted by Crippen LogP contribution is 2.39. The Bertz CT molecular complexity index is 793. The first kappa shape index (κ1) is 17.9. The van der Waals surface area contributed by atoms with Gasteiger partial charge >= 0.3 is 6.18 Å². The van der Waals surface area contributed by atoms with Gasteiger partial charge < -0.3 is 15.2 Å². The Balaban J connectivity index is 2.44. The molecule has 0 fully saturated rings. The van der Waals surface area contributed by atoms with Crippen molar-refractivity contribution >= 4 is 17.5 Å². The molecule has 1 amide bonds. The third-order valence-electron chi connectivity index (χ3n) is 3.00. The molecule has 2 N–H and O–H groups in total. The van der Waals surface area contributed by atoms with Crippen LogP contribution in [0.2, 0.25) is 5.02 Å². The first-order chi connectivity index (χ1) is 11.1. The standard InChI is InChI=1S/C15H10ClF4NO3/c1-23-13-8(14(21)22)3-5-11(12(13)17)24-7-2-4-10(16)9(6-7)15(18,19)20/h2-6H,1H3,(H2,21,22). The largest absolute Gasteiger partial charge is 0.493 e. The lowest BCUT2D eigenvalue weighted by atomic mass is 10.1. The number of rotatable bonds is 4. The van der Waals surface area contributed by atoms with Gasteiger partial charge in [0.2, 0.25) is 5.82 Å². The van der Waals surface area contributed by atoms with Crippen molar-refractivity contribution in [1.29, 1.82) is 0 Å². The molecule has 0 spiro atoms. The van der Waals surface area contributed by atoms with E-state index >= 15 is 0 Å². The maximum Gasteiger partial charge on any atom is 0.417 e. The van der Waals surface area contributed by atoms with Crippen molar-refractivity contribution in [2.45, 2.75) is 6.18 Å². The molecule has 0 heterocycles. The molecule has 0 saturated carbocycles. The number of hydrogen-bond donors (Lipinski definition) is 1. The van der Waals surface area contributed by atoms with Gasteiger partial charge in [0.15, 0.2) is 11.5 Å². The average Bonchev–Trinajstić information content (AvgIpc) is 2.49. The molecule has 0 aliphatic heterocycles. The van der Waals surface area contributed by atoms with Gasteiger partial charge in [-0.1, -0.05) is 11.6 Å². The van der Waals surface area contributed by atoms with Crippen molar-refractivity contribution in [3.05, 3.63) is 52.3 Å². The van der Waals surface area contributed by atoms with Gasteiger partial charge in [0.05, 0.1) is 23.3 Å². The molecule has 4 nitrogen and oxygen atoms in total. The van der Waals surface area contributed by atoms with E-state index in [4.69, 9.17) is 26.8 Å². The van der Waals surface area contributed by atoms with Crippen LogP contribution in [0.25, 0.3) is 0 Å². The highest BCUT2D eigenvalue weighted by molar-refractivity contribution is 6.31. The van der Waals surface area contributed by atoms with Gasteiger partial charge in [0, 0.05) is 0 Å². The summed E-state index contributed by atoms with van der Waals surface area (Å²) in [6.07, 6.45) is -4.69. The first-order valence-electron chi connectivity index (χ1n) is 6.36. The third kappa shape index (κ3) is 3.53. The van der Waals surface area contributed by atoms with Crippen LogP contribution in [0.5, 0.6) is 17.2 Å². The summed E-state index contributed by atoms with van der Waals surface area (Å²) < 4.78 is 62.6. The second-order valence-corrected chi connectivity index (χ2v) is 4.97. The van der Waals surface area contributed by atoms with Crippen molar-refractivity contribution in [3.63, 3.8) is 0 Å². The summed E-state index contributed by atoms with van der Waals surface area (Å²) in [6, 6.07) is 4.95. The molecule has 128 valence electrons. The van der Waals surface area contributed by atoms with Crippen LogP contribution >= 0.6 is 11.6 Å². The number of methoxy groups -OCH3 is 1. The molecule has 2 rings (SSSR count). The molecule has 0 bridgehead atoms. The number of ether oxygens (including phenoxy) is 2. The molecule has 2 aromatic carbocycles. The Hall–Kier alpha value is -2.48. The molecule has 0 atom stereocenters. The van der Waals surface area contributed by atoms with Gasteiger partial charge in [-0.2, -0.15) is 17.6 Å². The Morgan fingerprint density at radius 2 is 1.88 bits per heavy atom. The van der Waals surface area contributed by atoms with Crippen molar-refractivity contribution in [2.24, 2.45) is 5.73 Å². The first-order valence-corrected chi connectivity index (χ1v) is 6.74. The SMILES string of the molecule is COc1c(C(N)=O)ccc(Oc2ccc(Cl)c(C(F)(F)F)c2)c1F. The van der Waals surface area contributed by atoms with E-state index in [1.165, 1.54) is 0 Å². The summed E-state index contributed by atoms with van der Waals surface area (Å²) in [7, 11) is 1.11. The summed E-state index contributed by atoms with van der Waals surface area (Å²) in [6.45, 7) is 0. The molecule has 0 aliphatic rings. The average molecular weight is 364 g/mol. The topological polar surface area (TPSA) is 61.5 Å². The number of hydrogen-bond acceptors (Lipinski definition) is 3. The molecule has 2 aromatic rings. The normalized spacial score (nSPS) is 11.2. The number of amides is 1. The van der Waals surface area contributed by atoms with E-state index in [0.29, 0.717) is 6.07 Å². The summed E-state index contributed by atoms with van der Waals surface area (Å²) >= 11 is 5.50. The van der Waals surface area contributed by atoms with Gasteiger partial charge in [0.25, 0.3) is 5.91 Å². The molecular formula is C15H10ClF4NO3. The number of carbonyl (C=O) groups excluding carboxylic acids is 1. The van der Waals surface area contributed by atoms with E-state index in [1.54, 1.807) is 0 Å². The van der Waals surface area contributed by atoms with Crippen molar-refractivity contribution in [1.82, 2.24) is 0 Å². The minimum Gasteiger partial charge on any atom is -0.493 e. The zero-order valence-electron chi connectivity index (χ0n) is 12.1. The molecule has 0 unspecified atom stereocenters. The minimum absolute atomic E-state index is 0.227. The smallest absolute Gasteiger partial charge is 0.417 e. The Kier molecular flexibility index (Phi) is 4.88. The molecule has 24 heavy (non-hydrogen) atoms. The summed E-state index contributed by atoms with van der Waals surface area (Å²) in [4.78, 5) is 11.2. The van der Waals surface area contributed by atoms with Crippen LogP contribution in [0.4, 0.5) is 17.6 Å². The molecule has 0 aliphatic carbocycles. The van der Waals surface area contributed by atoms with Crippen LogP contribution in [0.1, 0.15) is 15.9 Å². The fourth-order valence-corrected chi connectivity index (χ4v) is 2.15. The predicted octanol–water partition coefficient (Wildman–Crippen LogP) is 4.40. The quantitative estimate of drug-likeness (QED) is 0.819. The maximum absolute atomic E-state index is 14.3. The lowest BCUT2D eigenvalue weighted by Crippen LogP contribution is -2.13. The molecule has 0 radical (unpaired) electrons. The van der Waals surface area contributed by atoms with Gasteiger partial charge in [0.1, 0.15) is 5.75 Å². The Morgan fingerprint density at radius 1 is 1.21 bits per heavy atom. The van der Waals surface area contributed by atoms with Crippen molar-refractivity contribution in [2.75, 3.05) is 7.11 Å². The van der Waals surface area contributed by atoms with Crippen LogP contribution < -0.4 is 15.2 Å². The second-order valence-electron chi connectivity index (χ2n) is 4.56. The van der Waals surface area contributed by atoms with Crippen molar-refractivity contribution < 1.29 is 31.8 Å². The fourth-order valence-electron chi connectivity index (χ4n) is 1.92. The van der Waals surface area contributed by atoms with E-state index in [2.05, 4.69) is 0 Å². The van der Waals surface area contributed by atoms with E-state index in [1.807, 2.05) is 0 Å². The van der Waals surface area contributed by atoms with E-state index in [-0.39, 0.29) is 11.3 Å². The molecule has 9 heteroatoms. The third-order valence-corrected chi connectivity index (χ3v) is 3.33. The summed E-state index contributed by atoms with van der Waals surface area (Å²) in [5.74, 6) is -3.20. The monoisotopic (exact) mass is 363 g/mol. The van der Waals surface area contributed by atoms with Crippen molar-refractivity contribution in [3.8, 4) is 17.2 Å². The lowest BCUT2D eigenvalue weighted by Gasteiger charge is -2.14. The molecule has 0 saturated heterocycles. The van der Waals surface area contributed by atoms with E-state index in [0.717, 1.165) is 31.4 Å². The fraction of sp³-hybridized carbons (Fsp3) is 0.133. The Morgan fingerprint density at radius 3 is 2.42 bits per heavy atom. The number of nitrogens with two attached hydrogens (primary N) is 1. The summed E-state index contributed by atoms with van der Waals surface area (Å²) in [5, 5.41) is -0.517. The molecular weight excluding hydrogens is 354 g/mol. The van der Waals surface area contributed by atoms with Crippen LogP contribution in [0.3, 0.4) is 0 Å². The molecule has 0 aromatic heterocycles. The number of benzene rings is 2. The maximum atomic E-state index is 14.3. The van der Waals surface area contributed by atoms with Gasteiger partial charge in [-0.15, -0.1) is 0 Å². The Labute approximate surface area is 138 Å². The highest BCUT2D eigenvalue weighted by Gasteiger charge is 2.33. The van der Waals surface area contributed by atoms with E-state index in [9.17, 15) is 22.4 Å². The zero-order valence-corrected chi connectivity index (χ0v) is 12.8. The number of primary amides is 1. The van der Waals surface area contributed by atoms with Crippen LogP contribution in [0.15, 0.2) is 30.3 Å². The zero-order chi connectivity index (χ0) is 18.1. The van der Waals surface area contributed by atoms with Gasteiger partial charge in [-0.25, -0.2) is 0 Å². The number of carbonyl (C=O) groups is 1. The van der Waals surface area contributed by atoms with Crippen LogP contribution in [-0.4, -0.2) is 13.0 Å². The number of alkyl halides is 3. The number of halogens is 5. The minimum atomic E-state index is -4.69. The summed E-state index contributed by atoms with van der Waals surface area (Å²) in [5.41, 5.74) is 3.73. The second kappa shape index (κ2) is 6.56. The lowest BCUT2D eigenvalue weighted by molar-refractivity contribution is -0.137. The predicted molar refractivity (Wildman–Crippen MR) is 78.0 cm³/mol.